The molecule has 4 heterocycles. The van der Waals surface area contributed by atoms with Gasteiger partial charge in [-0.2, -0.15) is 4.98 Å². The molecule has 2 N–H and O–H groups in total. The summed E-state index contributed by atoms with van der Waals surface area (Å²) >= 11 is 0. The van der Waals surface area contributed by atoms with Gasteiger partial charge in [0.15, 0.2) is 0 Å². The Labute approximate surface area is 172 Å². The second-order valence-electron chi connectivity index (χ2n) is 7.81. The van der Waals surface area contributed by atoms with E-state index in [-0.39, 0.29) is 5.91 Å². The van der Waals surface area contributed by atoms with Crippen LogP contribution in [0.1, 0.15) is 23.0 Å². The normalized spacial score (nSPS) is 15.2. The molecule has 0 radical (unpaired) electrons. The molecule has 1 saturated heterocycles. The van der Waals surface area contributed by atoms with Crippen LogP contribution in [0, 0.1) is 6.92 Å². The van der Waals surface area contributed by atoms with E-state index in [0.29, 0.717) is 47.5 Å². The molecule has 152 valence electrons. The minimum Gasteiger partial charge on any atom is -0.386 e. The maximum absolute atomic E-state index is 12.8. The van der Waals surface area contributed by atoms with Gasteiger partial charge in [-0.15, -0.1) is 0 Å². The summed E-state index contributed by atoms with van der Waals surface area (Å²) in [7, 11) is 0. The lowest BCUT2D eigenvalue weighted by molar-refractivity contribution is 0.0297. The molecule has 1 fully saturated rings. The van der Waals surface area contributed by atoms with Gasteiger partial charge in [0.05, 0.1) is 24.9 Å². The van der Waals surface area contributed by atoms with Gasteiger partial charge < -0.3 is 19.8 Å². The zero-order valence-electron chi connectivity index (χ0n) is 16.5. The van der Waals surface area contributed by atoms with Crippen LogP contribution in [0.4, 0.5) is 11.6 Å². The maximum atomic E-state index is 12.8. The largest absolute Gasteiger partial charge is 0.386 e. The van der Waals surface area contributed by atoms with Gasteiger partial charge in [0.1, 0.15) is 11.3 Å². The van der Waals surface area contributed by atoms with Gasteiger partial charge >= 0.3 is 0 Å². The highest BCUT2D eigenvalue weighted by Crippen LogP contribution is 2.29. The van der Waals surface area contributed by atoms with E-state index in [1.165, 1.54) is 0 Å². The minimum absolute atomic E-state index is 0.261. The summed E-state index contributed by atoms with van der Waals surface area (Å²) in [4.78, 5) is 23.4. The van der Waals surface area contributed by atoms with Crippen molar-refractivity contribution >= 4 is 23.2 Å². The van der Waals surface area contributed by atoms with Gasteiger partial charge in [-0.25, -0.2) is 4.98 Å². The molecule has 9 heteroatoms. The average Bonchev–Trinajstić information content (AvgIpc) is 3.35. The predicted octanol–water partition coefficient (Wildman–Crippen LogP) is 2.52. The van der Waals surface area contributed by atoms with Gasteiger partial charge in [-0.3, -0.25) is 9.20 Å². The Kier molecular flexibility index (Phi) is 4.07. The molecule has 0 bridgehead atoms. The Hall–Kier alpha value is -3.72. The van der Waals surface area contributed by atoms with E-state index in [0.717, 1.165) is 5.56 Å². The van der Waals surface area contributed by atoms with Gasteiger partial charge in [0.2, 0.25) is 0 Å². The Bertz CT molecular complexity index is 1250. The van der Waals surface area contributed by atoms with Gasteiger partial charge in [-0.05, 0) is 48.8 Å². The molecule has 1 aliphatic heterocycles. The van der Waals surface area contributed by atoms with Gasteiger partial charge in [0, 0.05) is 17.4 Å². The van der Waals surface area contributed by atoms with Crippen molar-refractivity contribution in [3.05, 3.63) is 60.0 Å². The number of carbonyl (C=O) groups is 1. The molecule has 0 saturated carbocycles. The Morgan fingerprint density at radius 3 is 2.90 bits per heavy atom. The molecule has 0 atom stereocenters. The van der Waals surface area contributed by atoms with Crippen LogP contribution in [0.25, 0.3) is 17.1 Å². The topological polar surface area (TPSA) is 109 Å². The highest BCUT2D eigenvalue weighted by Gasteiger charge is 2.38. The van der Waals surface area contributed by atoms with E-state index < -0.39 is 5.60 Å². The van der Waals surface area contributed by atoms with E-state index in [4.69, 9.17) is 4.52 Å². The van der Waals surface area contributed by atoms with Crippen LogP contribution in [0.5, 0.6) is 0 Å². The number of benzene rings is 1. The first-order valence-corrected chi connectivity index (χ1v) is 9.55. The fraction of sp³-hybridized carbons (Fsp3) is 0.238. The molecule has 3 aromatic heterocycles. The smallest absolute Gasteiger partial charge is 0.274 e. The summed E-state index contributed by atoms with van der Waals surface area (Å²) in [5.74, 6) is 0.526. The van der Waals surface area contributed by atoms with Gasteiger partial charge in [0.25, 0.3) is 17.7 Å². The van der Waals surface area contributed by atoms with Gasteiger partial charge in [-0.1, -0.05) is 12.1 Å². The fourth-order valence-corrected chi connectivity index (χ4v) is 3.56. The van der Waals surface area contributed by atoms with Crippen molar-refractivity contribution < 1.29 is 14.4 Å². The number of carbonyl (C=O) groups excluding carboxylic acids is 1. The second-order valence-corrected chi connectivity index (χ2v) is 7.81. The van der Waals surface area contributed by atoms with Crippen LogP contribution in [0.2, 0.25) is 0 Å². The van der Waals surface area contributed by atoms with E-state index in [1.54, 1.807) is 29.8 Å². The lowest BCUT2D eigenvalue weighted by Crippen LogP contribution is -2.60. The summed E-state index contributed by atoms with van der Waals surface area (Å²) in [6, 6.07) is 11.1. The maximum Gasteiger partial charge on any atom is 0.274 e. The first kappa shape index (κ1) is 18.3. The number of imidazole rings is 1. The standard InChI is InChI=1S/C21H20N6O3/c1-13-6-7-14(19-24-20(25-30-19)26-11-21(2,29)12-26)9-15(13)23-18(28)16-10-22-17-5-3-4-8-27(16)17/h3-10,29H,11-12H2,1-2H3,(H,23,28). The number of hydrogen-bond donors (Lipinski definition) is 2. The molecule has 5 rings (SSSR count). The summed E-state index contributed by atoms with van der Waals surface area (Å²) in [5, 5.41) is 16.8. The number of nitrogens with zero attached hydrogens (tertiary/aromatic N) is 5. The summed E-state index contributed by atoms with van der Waals surface area (Å²) in [5.41, 5.74) is 2.67. The highest BCUT2D eigenvalue weighted by molar-refractivity contribution is 6.04. The number of amides is 1. The van der Waals surface area contributed by atoms with Crippen molar-refractivity contribution in [1.82, 2.24) is 19.5 Å². The van der Waals surface area contributed by atoms with Crippen LogP contribution >= 0.6 is 0 Å². The zero-order chi connectivity index (χ0) is 20.9. The first-order chi connectivity index (χ1) is 14.4. The SMILES string of the molecule is Cc1ccc(-c2nc(N3CC(C)(O)C3)no2)cc1NC(=O)c1cnc2ccccn12. The quantitative estimate of drug-likeness (QED) is 0.538. The third-order valence-electron chi connectivity index (χ3n) is 5.14. The minimum atomic E-state index is -0.722. The molecule has 1 amide bonds. The molecule has 1 aliphatic rings. The van der Waals surface area contributed by atoms with Crippen molar-refractivity contribution in [2.24, 2.45) is 0 Å². The van der Waals surface area contributed by atoms with E-state index in [1.807, 2.05) is 42.2 Å². The second kappa shape index (κ2) is 6.67. The number of hydrogen-bond acceptors (Lipinski definition) is 7. The van der Waals surface area contributed by atoms with E-state index >= 15 is 0 Å². The Balaban J connectivity index is 1.39. The number of fused-ring (bicyclic) bond motifs is 1. The highest BCUT2D eigenvalue weighted by atomic mass is 16.5. The molecule has 9 nitrogen and oxygen atoms in total. The fourth-order valence-electron chi connectivity index (χ4n) is 3.56. The Morgan fingerprint density at radius 1 is 1.27 bits per heavy atom. The van der Waals surface area contributed by atoms with Crippen LogP contribution in [-0.2, 0) is 0 Å². The zero-order valence-corrected chi connectivity index (χ0v) is 16.5. The summed E-state index contributed by atoms with van der Waals surface area (Å²) < 4.78 is 7.13. The number of rotatable bonds is 4. The van der Waals surface area contributed by atoms with Crippen molar-refractivity contribution in [2.45, 2.75) is 19.4 Å². The molecule has 4 aromatic rings. The van der Waals surface area contributed by atoms with Crippen molar-refractivity contribution in [2.75, 3.05) is 23.3 Å². The number of β-amino-alcohol motifs (C(OH)–C–C–N with tert-alkyl or cyclic N) is 1. The lowest BCUT2D eigenvalue weighted by atomic mass is 9.98. The monoisotopic (exact) mass is 404 g/mol. The molecule has 30 heavy (non-hydrogen) atoms. The molecular weight excluding hydrogens is 384 g/mol. The van der Waals surface area contributed by atoms with Crippen LogP contribution < -0.4 is 10.2 Å². The number of aryl methyl sites for hydroxylation is 1. The third kappa shape index (κ3) is 3.18. The molecule has 0 aliphatic carbocycles. The van der Waals surface area contributed by atoms with Crippen molar-refractivity contribution in [3.8, 4) is 11.5 Å². The van der Waals surface area contributed by atoms with E-state index in [9.17, 15) is 9.90 Å². The average molecular weight is 404 g/mol. The summed E-state index contributed by atoms with van der Waals surface area (Å²) in [6.07, 6.45) is 3.35. The van der Waals surface area contributed by atoms with E-state index in [2.05, 4.69) is 20.4 Å². The van der Waals surface area contributed by atoms with Crippen LogP contribution in [-0.4, -0.2) is 49.2 Å². The molecule has 1 aromatic carbocycles. The van der Waals surface area contributed by atoms with Crippen molar-refractivity contribution in [1.29, 1.82) is 0 Å². The lowest BCUT2D eigenvalue weighted by Gasteiger charge is -2.43. The molecule has 0 spiro atoms. The predicted molar refractivity (Wildman–Crippen MR) is 110 cm³/mol. The number of pyridine rings is 1. The summed E-state index contributed by atoms with van der Waals surface area (Å²) in [6.45, 7) is 4.60. The molecular formula is C21H20N6O3. The number of aliphatic hydroxyl groups is 1. The molecule has 0 unspecified atom stereocenters. The Morgan fingerprint density at radius 2 is 2.10 bits per heavy atom. The number of anilines is 2. The first-order valence-electron chi connectivity index (χ1n) is 9.55. The van der Waals surface area contributed by atoms with Crippen LogP contribution in [0.15, 0.2) is 53.3 Å². The number of aromatic nitrogens is 4. The van der Waals surface area contributed by atoms with Crippen LogP contribution in [0.3, 0.4) is 0 Å². The third-order valence-corrected chi connectivity index (χ3v) is 5.14. The number of nitrogens with one attached hydrogen (secondary N) is 1. The van der Waals surface area contributed by atoms with Crippen molar-refractivity contribution in [3.63, 3.8) is 0 Å².